The molecular weight excluding hydrogens is 588 g/mol. The highest BCUT2D eigenvalue weighted by atomic mass is 16.5. The summed E-state index contributed by atoms with van der Waals surface area (Å²) in [6.45, 7) is 12.7. The first kappa shape index (κ1) is 44.8. The molecule has 1 saturated heterocycles. The molecule has 0 unspecified atom stereocenters. The second-order valence-corrected chi connectivity index (χ2v) is 14.3. The number of piperazine rings is 1. The minimum Gasteiger partial charge on any atom is -0.379 e. The van der Waals surface area contributed by atoms with Gasteiger partial charge in [0.2, 0.25) is 0 Å². The Morgan fingerprint density at radius 2 is 0.896 bits per heavy atom. The van der Waals surface area contributed by atoms with Crippen LogP contribution in [0.1, 0.15) is 168 Å². The lowest BCUT2D eigenvalue weighted by Gasteiger charge is -2.34. The normalized spacial score (nSPS) is 15.7. The van der Waals surface area contributed by atoms with Gasteiger partial charge in [-0.25, -0.2) is 0 Å². The van der Waals surface area contributed by atoms with Crippen LogP contribution in [0.15, 0.2) is 48.6 Å². The van der Waals surface area contributed by atoms with Crippen LogP contribution >= 0.6 is 0 Å². The van der Waals surface area contributed by atoms with E-state index in [1.54, 1.807) is 0 Å². The first-order valence-corrected chi connectivity index (χ1v) is 21.0. The van der Waals surface area contributed by atoms with Gasteiger partial charge in [0.25, 0.3) is 0 Å². The van der Waals surface area contributed by atoms with E-state index >= 15 is 0 Å². The highest BCUT2D eigenvalue weighted by molar-refractivity contribution is 4.93. The van der Waals surface area contributed by atoms with Crippen LogP contribution in [0.5, 0.6) is 0 Å². The standard InChI is InChI=1S/C44H82N2O2/c1-4-6-8-10-12-14-16-18-20-22-24-26-28-30-32-34-40-47-43-44(42-46-38-36-45(3)37-39-46)48-41-35-33-31-29-27-25-23-21-19-17-15-13-11-9-7-5-2/h12-15,18-21,44H,4-11,16-17,22-43H2,1-3H3/t44-/m1/s1. The summed E-state index contributed by atoms with van der Waals surface area (Å²) in [4.78, 5) is 5.01. The van der Waals surface area contributed by atoms with Gasteiger partial charge in [0.05, 0.1) is 12.7 Å². The van der Waals surface area contributed by atoms with Crippen LogP contribution in [0.2, 0.25) is 0 Å². The molecular formula is C44H82N2O2. The Labute approximate surface area is 300 Å². The minimum atomic E-state index is 0.205. The van der Waals surface area contributed by atoms with Crippen molar-refractivity contribution in [3.8, 4) is 0 Å². The molecule has 0 aromatic rings. The Hall–Kier alpha value is -1.20. The van der Waals surface area contributed by atoms with E-state index < -0.39 is 0 Å². The van der Waals surface area contributed by atoms with Crippen molar-refractivity contribution >= 4 is 0 Å². The molecule has 1 fully saturated rings. The molecule has 0 spiro atoms. The number of ether oxygens (including phenoxy) is 2. The smallest absolute Gasteiger partial charge is 0.0934 e. The van der Waals surface area contributed by atoms with E-state index in [1.165, 1.54) is 141 Å². The Balaban J connectivity index is 2.05. The number of allylic oxidation sites excluding steroid dienone is 8. The van der Waals surface area contributed by atoms with E-state index in [-0.39, 0.29) is 6.10 Å². The third kappa shape index (κ3) is 32.0. The molecule has 1 rings (SSSR count). The summed E-state index contributed by atoms with van der Waals surface area (Å²) < 4.78 is 12.6. The number of nitrogens with zero attached hydrogens (tertiary/aromatic N) is 2. The molecule has 0 aliphatic carbocycles. The van der Waals surface area contributed by atoms with Gasteiger partial charge in [-0.05, 0) is 84.1 Å². The first-order chi connectivity index (χ1) is 23.8. The molecule has 4 heteroatoms. The zero-order valence-corrected chi connectivity index (χ0v) is 32.5. The van der Waals surface area contributed by atoms with Crippen LogP contribution in [0.4, 0.5) is 0 Å². The Kier molecular flexibility index (Phi) is 34.6. The van der Waals surface area contributed by atoms with Gasteiger partial charge in [-0.3, -0.25) is 4.90 Å². The minimum absolute atomic E-state index is 0.205. The molecule has 1 aliphatic rings. The third-order valence-corrected chi connectivity index (χ3v) is 9.55. The van der Waals surface area contributed by atoms with Gasteiger partial charge < -0.3 is 14.4 Å². The monoisotopic (exact) mass is 671 g/mol. The highest BCUT2D eigenvalue weighted by Crippen LogP contribution is 2.12. The summed E-state index contributed by atoms with van der Waals surface area (Å²) in [7, 11) is 2.23. The van der Waals surface area contributed by atoms with Crippen molar-refractivity contribution in [2.75, 3.05) is 59.6 Å². The fraction of sp³-hybridized carbons (Fsp3) is 0.818. The molecule has 0 saturated carbocycles. The zero-order chi connectivity index (χ0) is 34.4. The molecule has 0 amide bonds. The van der Waals surface area contributed by atoms with E-state index in [4.69, 9.17) is 9.47 Å². The molecule has 1 heterocycles. The second kappa shape index (κ2) is 37.1. The van der Waals surface area contributed by atoms with Crippen molar-refractivity contribution in [3.05, 3.63) is 48.6 Å². The third-order valence-electron chi connectivity index (χ3n) is 9.55. The van der Waals surface area contributed by atoms with Crippen LogP contribution in [-0.4, -0.2) is 75.5 Å². The quantitative estimate of drug-likeness (QED) is 0.0495. The van der Waals surface area contributed by atoms with Gasteiger partial charge >= 0.3 is 0 Å². The van der Waals surface area contributed by atoms with Crippen molar-refractivity contribution in [3.63, 3.8) is 0 Å². The van der Waals surface area contributed by atoms with Crippen molar-refractivity contribution in [1.29, 1.82) is 0 Å². The number of likely N-dealkylation sites (N-methyl/N-ethyl adjacent to an activating group) is 1. The summed E-state index contributed by atoms with van der Waals surface area (Å²) in [5, 5.41) is 0. The number of unbranched alkanes of at least 4 members (excludes halogenated alkanes) is 18. The van der Waals surface area contributed by atoms with E-state index in [2.05, 4.69) is 79.3 Å². The van der Waals surface area contributed by atoms with Gasteiger partial charge in [-0.1, -0.05) is 140 Å². The van der Waals surface area contributed by atoms with Crippen LogP contribution in [0.3, 0.4) is 0 Å². The first-order valence-electron chi connectivity index (χ1n) is 21.0. The van der Waals surface area contributed by atoms with Crippen LogP contribution in [0.25, 0.3) is 0 Å². The average molecular weight is 671 g/mol. The molecule has 1 atom stereocenters. The fourth-order valence-electron chi connectivity index (χ4n) is 6.22. The summed E-state index contributed by atoms with van der Waals surface area (Å²) in [6.07, 6.45) is 49.8. The molecule has 48 heavy (non-hydrogen) atoms. The number of hydrogen-bond donors (Lipinski definition) is 0. The van der Waals surface area contributed by atoms with E-state index in [9.17, 15) is 0 Å². The molecule has 280 valence electrons. The van der Waals surface area contributed by atoms with Crippen LogP contribution in [-0.2, 0) is 9.47 Å². The van der Waals surface area contributed by atoms with Crippen LogP contribution in [0, 0.1) is 0 Å². The number of hydrogen-bond acceptors (Lipinski definition) is 4. The van der Waals surface area contributed by atoms with Crippen LogP contribution < -0.4 is 0 Å². The summed E-state index contributed by atoms with van der Waals surface area (Å²) >= 11 is 0. The van der Waals surface area contributed by atoms with E-state index in [0.29, 0.717) is 0 Å². The SMILES string of the molecule is CCCCCC=CCC=CCCCCCCCCOC[C@@H](CN1CCN(C)CC1)OCCCCCCCCC=CCC=CCCCCC. The summed E-state index contributed by atoms with van der Waals surface area (Å²) in [5.41, 5.74) is 0. The maximum absolute atomic E-state index is 6.42. The second-order valence-electron chi connectivity index (χ2n) is 14.3. The van der Waals surface area contributed by atoms with Gasteiger partial charge in [-0.15, -0.1) is 0 Å². The van der Waals surface area contributed by atoms with E-state index in [1.807, 2.05) is 0 Å². The maximum Gasteiger partial charge on any atom is 0.0934 e. The molecule has 0 aromatic heterocycles. The largest absolute Gasteiger partial charge is 0.379 e. The predicted octanol–water partition coefficient (Wildman–Crippen LogP) is 12.3. The van der Waals surface area contributed by atoms with Crippen molar-refractivity contribution in [2.24, 2.45) is 0 Å². The summed E-state index contributed by atoms with van der Waals surface area (Å²) in [6, 6.07) is 0. The highest BCUT2D eigenvalue weighted by Gasteiger charge is 2.19. The molecule has 1 aliphatic heterocycles. The maximum atomic E-state index is 6.42. The Morgan fingerprint density at radius 3 is 1.38 bits per heavy atom. The van der Waals surface area contributed by atoms with Crippen molar-refractivity contribution in [1.82, 2.24) is 9.80 Å². The van der Waals surface area contributed by atoms with Gasteiger partial charge in [0, 0.05) is 45.9 Å². The topological polar surface area (TPSA) is 24.9 Å². The molecule has 0 radical (unpaired) electrons. The van der Waals surface area contributed by atoms with Gasteiger partial charge in [0.15, 0.2) is 0 Å². The van der Waals surface area contributed by atoms with Crippen molar-refractivity contribution in [2.45, 2.75) is 174 Å². The molecule has 0 N–H and O–H groups in total. The fourth-order valence-corrected chi connectivity index (χ4v) is 6.22. The lowest BCUT2D eigenvalue weighted by molar-refractivity contribution is -0.0388. The predicted molar refractivity (Wildman–Crippen MR) is 213 cm³/mol. The van der Waals surface area contributed by atoms with E-state index in [0.717, 1.165) is 65.4 Å². The Morgan fingerprint density at radius 1 is 0.479 bits per heavy atom. The van der Waals surface area contributed by atoms with Gasteiger partial charge in [0.1, 0.15) is 0 Å². The molecule has 4 nitrogen and oxygen atoms in total. The molecule has 0 aromatic carbocycles. The summed E-state index contributed by atoms with van der Waals surface area (Å²) in [5.74, 6) is 0. The number of rotatable bonds is 35. The van der Waals surface area contributed by atoms with Crippen molar-refractivity contribution < 1.29 is 9.47 Å². The zero-order valence-electron chi connectivity index (χ0n) is 32.5. The lowest BCUT2D eigenvalue weighted by Crippen LogP contribution is -2.48. The Bertz CT molecular complexity index is 753. The average Bonchev–Trinajstić information content (AvgIpc) is 3.09. The van der Waals surface area contributed by atoms with Gasteiger partial charge in [-0.2, -0.15) is 0 Å². The molecule has 0 bridgehead atoms. The lowest BCUT2D eigenvalue weighted by atomic mass is 10.1.